The van der Waals surface area contributed by atoms with E-state index in [1.165, 1.54) is 0 Å². The van der Waals surface area contributed by atoms with Crippen LogP contribution in [0.15, 0.2) is 48.5 Å². The molecule has 0 aromatic heterocycles. The van der Waals surface area contributed by atoms with Gasteiger partial charge in [-0.2, -0.15) is 0 Å². The normalized spacial score (nSPS) is 10.6. The first-order valence-corrected chi connectivity index (χ1v) is 9.87. The molecule has 2 aromatic rings. The molecule has 0 saturated heterocycles. The number of carbonyl (C=O) groups excluding carboxylic acids is 1. The molecule has 0 aliphatic heterocycles. The zero-order valence-electron chi connectivity index (χ0n) is 16.8. The Hall–Kier alpha value is -2.60. The molecule has 150 valence electrons. The van der Waals surface area contributed by atoms with E-state index in [2.05, 4.69) is 24.5 Å². The van der Waals surface area contributed by atoms with Gasteiger partial charge in [0.1, 0.15) is 11.5 Å². The molecule has 5 nitrogen and oxygen atoms in total. The van der Waals surface area contributed by atoms with Crippen molar-refractivity contribution in [2.45, 2.75) is 40.2 Å². The number of nitrogens with one attached hydrogen (secondary N) is 2. The van der Waals surface area contributed by atoms with Crippen LogP contribution in [0.1, 0.15) is 44.5 Å². The SMILES string of the molecule is CC(C)CCOc1ccccc1C(=O)NC(=S)Nc1cccc(OC(C)C)c1. The molecule has 0 aliphatic carbocycles. The third kappa shape index (κ3) is 7.19. The van der Waals surface area contributed by atoms with Crippen LogP contribution in [-0.2, 0) is 0 Å². The maximum atomic E-state index is 12.6. The van der Waals surface area contributed by atoms with Crippen molar-refractivity contribution >= 4 is 28.9 Å². The van der Waals surface area contributed by atoms with Gasteiger partial charge in [0.2, 0.25) is 0 Å². The van der Waals surface area contributed by atoms with Crippen molar-refractivity contribution in [1.29, 1.82) is 0 Å². The Balaban J connectivity index is 1.98. The lowest BCUT2D eigenvalue weighted by molar-refractivity contribution is 0.0973. The molecule has 2 aromatic carbocycles. The topological polar surface area (TPSA) is 59.6 Å². The summed E-state index contributed by atoms with van der Waals surface area (Å²) in [6.45, 7) is 8.76. The lowest BCUT2D eigenvalue weighted by atomic mass is 10.1. The van der Waals surface area contributed by atoms with Crippen LogP contribution in [0.4, 0.5) is 5.69 Å². The van der Waals surface area contributed by atoms with Crippen LogP contribution in [0.2, 0.25) is 0 Å². The first-order valence-electron chi connectivity index (χ1n) is 9.46. The third-order valence-electron chi connectivity index (χ3n) is 3.78. The lowest BCUT2D eigenvalue weighted by Crippen LogP contribution is -2.34. The van der Waals surface area contributed by atoms with E-state index in [0.717, 1.165) is 17.9 Å². The fourth-order valence-corrected chi connectivity index (χ4v) is 2.65. The van der Waals surface area contributed by atoms with Crippen molar-refractivity contribution in [2.75, 3.05) is 11.9 Å². The number of rotatable bonds is 8. The standard InChI is InChI=1S/C22H28N2O3S/c1-15(2)12-13-26-20-11-6-5-10-19(20)21(25)24-22(28)23-17-8-7-9-18(14-17)27-16(3)4/h5-11,14-16H,12-13H2,1-4H3,(H2,23,24,25,28). The van der Waals surface area contributed by atoms with E-state index in [9.17, 15) is 4.79 Å². The van der Waals surface area contributed by atoms with E-state index >= 15 is 0 Å². The average molecular weight is 401 g/mol. The van der Waals surface area contributed by atoms with Gasteiger partial charge in [-0.25, -0.2) is 0 Å². The van der Waals surface area contributed by atoms with Gasteiger partial charge in [0, 0.05) is 11.8 Å². The first kappa shape index (κ1) is 21.7. The van der Waals surface area contributed by atoms with Gasteiger partial charge in [-0.1, -0.05) is 32.0 Å². The number of ether oxygens (including phenoxy) is 2. The first-order chi connectivity index (χ1) is 13.3. The van der Waals surface area contributed by atoms with E-state index in [1.54, 1.807) is 18.2 Å². The maximum absolute atomic E-state index is 12.6. The highest BCUT2D eigenvalue weighted by molar-refractivity contribution is 7.80. The minimum Gasteiger partial charge on any atom is -0.493 e. The van der Waals surface area contributed by atoms with Crippen LogP contribution in [0, 0.1) is 5.92 Å². The number of para-hydroxylation sites is 1. The van der Waals surface area contributed by atoms with Crippen molar-refractivity contribution in [3.8, 4) is 11.5 Å². The Labute approximate surface area is 172 Å². The Morgan fingerprint density at radius 3 is 2.54 bits per heavy atom. The molecule has 2 rings (SSSR count). The third-order valence-corrected chi connectivity index (χ3v) is 3.98. The van der Waals surface area contributed by atoms with Gasteiger partial charge in [-0.15, -0.1) is 0 Å². The zero-order valence-corrected chi connectivity index (χ0v) is 17.6. The number of amides is 1. The van der Waals surface area contributed by atoms with Gasteiger partial charge in [0.25, 0.3) is 5.91 Å². The summed E-state index contributed by atoms with van der Waals surface area (Å²) in [5.74, 6) is 1.51. The van der Waals surface area contributed by atoms with Crippen LogP contribution >= 0.6 is 12.2 Å². The fraction of sp³-hybridized carbons (Fsp3) is 0.364. The largest absolute Gasteiger partial charge is 0.493 e. The van der Waals surface area contributed by atoms with Crippen molar-refractivity contribution in [1.82, 2.24) is 5.32 Å². The maximum Gasteiger partial charge on any atom is 0.261 e. The number of benzene rings is 2. The molecule has 0 atom stereocenters. The number of anilines is 1. The number of hydrogen-bond acceptors (Lipinski definition) is 4. The summed E-state index contributed by atoms with van der Waals surface area (Å²) in [4.78, 5) is 12.6. The predicted octanol–water partition coefficient (Wildman–Crippen LogP) is 5.03. The summed E-state index contributed by atoms with van der Waals surface area (Å²) >= 11 is 5.28. The van der Waals surface area contributed by atoms with Gasteiger partial charge < -0.3 is 14.8 Å². The molecule has 0 saturated carbocycles. The minimum atomic E-state index is -0.313. The summed E-state index contributed by atoms with van der Waals surface area (Å²) in [5, 5.41) is 5.93. The molecule has 1 amide bonds. The van der Waals surface area contributed by atoms with Crippen molar-refractivity contribution in [3.05, 3.63) is 54.1 Å². The Morgan fingerprint density at radius 1 is 1.07 bits per heavy atom. The highest BCUT2D eigenvalue weighted by atomic mass is 32.1. The van der Waals surface area contributed by atoms with Crippen LogP contribution in [0.5, 0.6) is 11.5 Å². The summed E-state index contributed by atoms with van der Waals surface area (Å²) in [7, 11) is 0. The average Bonchev–Trinajstić information content (AvgIpc) is 2.61. The zero-order chi connectivity index (χ0) is 20.5. The molecule has 28 heavy (non-hydrogen) atoms. The Kier molecular flexibility index (Phi) is 8.26. The van der Waals surface area contributed by atoms with E-state index in [-0.39, 0.29) is 17.1 Å². The van der Waals surface area contributed by atoms with Gasteiger partial charge in [0.05, 0.1) is 18.3 Å². The van der Waals surface area contributed by atoms with Gasteiger partial charge in [-0.3, -0.25) is 10.1 Å². The summed E-state index contributed by atoms with van der Waals surface area (Å²) in [5.41, 5.74) is 1.19. The lowest BCUT2D eigenvalue weighted by Gasteiger charge is -2.14. The minimum absolute atomic E-state index is 0.0779. The second-order valence-corrected chi connectivity index (χ2v) is 7.54. The molecule has 0 fully saturated rings. The van der Waals surface area contributed by atoms with E-state index in [0.29, 0.717) is 23.8 Å². The van der Waals surface area contributed by atoms with Crippen molar-refractivity contribution in [2.24, 2.45) is 5.92 Å². The van der Waals surface area contributed by atoms with Gasteiger partial charge in [-0.05, 0) is 62.7 Å². The summed E-state index contributed by atoms with van der Waals surface area (Å²) < 4.78 is 11.5. The quantitative estimate of drug-likeness (QED) is 0.609. The highest BCUT2D eigenvalue weighted by Crippen LogP contribution is 2.20. The monoisotopic (exact) mass is 400 g/mol. The molecule has 0 bridgehead atoms. The fourth-order valence-electron chi connectivity index (χ4n) is 2.44. The number of hydrogen-bond donors (Lipinski definition) is 2. The second kappa shape index (κ2) is 10.7. The summed E-state index contributed by atoms with van der Waals surface area (Å²) in [6, 6.07) is 14.6. The molecular weight excluding hydrogens is 372 g/mol. The van der Waals surface area contributed by atoms with Gasteiger partial charge >= 0.3 is 0 Å². The Bertz CT molecular complexity index is 806. The van der Waals surface area contributed by atoms with E-state index in [1.807, 2.05) is 44.2 Å². The van der Waals surface area contributed by atoms with Crippen molar-refractivity contribution < 1.29 is 14.3 Å². The van der Waals surface area contributed by atoms with Crippen LogP contribution in [0.25, 0.3) is 0 Å². The predicted molar refractivity (Wildman–Crippen MR) is 117 cm³/mol. The van der Waals surface area contributed by atoms with E-state index in [4.69, 9.17) is 21.7 Å². The highest BCUT2D eigenvalue weighted by Gasteiger charge is 2.14. The molecule has 2 N–H and O–H groups in total. The second-order valence-electron chi connectivity index (χ2n) is 7.13. The Morgan fingerprint density at radius 2 is 1.82 bits per heavy atom. The van der Waals surface area contributed by atoms with Crippen molar-refractivity contribution in [3.63, 3.8) is 0 Å². The molecule has 0 radical (unpaired) electrons. The molecule has 0 unspecified atom stereocenters. The number of thiocarbonyl (C=S) groups is 1. The van der Waals surface area contributed by atoms with E-state index < -0.39 is 0 Å². The van der Waals surface area contributed by atoms with Crippen LogP contribution < -0.4 is 20.1 Å². The molecular formula is C22H28N2O3S. The molecule has 6 heteroatoms. The molecule has 0 heterocycles. The van der Waals surface area contributed by atoms with Gasteiger partial charge in [0.15, 0.2) is 5.11 Å². The molecule has 0 spiro atoms. The van der Waals surface area contributed by atoms with Crippen LogP contribution in [-0.4, -0.2) is 23.7 Å². The molecule has 0 aliphatic rings. The smallest absolute Gasteiger partial charge is 0.261 e. The number of carbonyl (C=O) groups is 1. The van der Waals surface area contributed by atoms with Crippen LogP contribution in [0.3, 0.4) is 0 Å². The summed E-state index contributed by atoms with van der Waals surface area (Å²) in [6.07, 6.45) is 0.999.